The van der Waals surface area contributed by atoms with Crippen molar-refractivity contribution in [2.24, 2.45) is 0 Å². The van der Waals surface area contributed by atoms with Gasteiger partial charge >= 0.3 is 12.1 Å². The normalized spacial score (nSPS) is 11.4. The van der Waals surface area contributed by atoms with E-state index in [1.165, 1.54) is 25.6 Å². The van der Waals surface area contributed by atoms with Crippen molar-refractivity contribution in [1.29, 1.82) is 0 Å². The Morgan fingerprint density at radius 2 is 1.38 bits per heavy atom. The number of alkyl halides is 3. The van der Waals surface area contributed by atoms with E-state index in [-0.39, 0.29) is 0 Å². The zero-order valence-corrected chi connectivity index (χ0v) is 23.8. The van der Waals surface area contributed by atoms with Gasteiger partial charge in [0.05, 0.1) is 11.0 Å². The average Bonchev–Trinajstić information content (AvgIpc) is 3.60. The lowest BCUT2D eigenvalue weighted by Crippen LogP contribution is -2.21. The zero-order valence-electron chi connectivity index (χ0n) is 21.4. The molecule has 2 aromatic carbocycles. The van der Waals surface area contributed by atoms with Gasteiger partial charge in [-0.05, 0) is 49.1 Å². The highest BCUT2D eigenvalue weighted by Gasteiger charge is 2.38. The molecule has 0 saturated heterocycles. The minimum absolute atomic E-state index is 0.597. The number of hydrogen-bond donors (Lipinski definition) is 2. The highest BCUT2D eigenvalue weighted by molar-refractivity contribution is 7.18. The summed E-state index contributed by atoms with van der Waals surface area (Å²) in [6, 6.07) is 20.6. The summed E-state index contributed by atoms with van der Waals surface area (Å²) in [4.78, 5) is 20.2. The zero-order chi connectivity index (χ0) is 28.9. The van der Waals surface area contributed by atoms with Crippen LogP contribution in [0.15, 0.2) is 71.4 Å². The summed E-state index contributed by atoms with van der Waals surface area (Å²) in [6.07, 6.45) is -5.08. The maximum atomic E-state index is 10.6. The van der Waals surface area contributed by atoms with E-state index in [1.807, 2.05) is 35.7 Å². The number of likely N-dealkylation sites (N-methyl/N-ethyl adjacent to an activating group) is 1. The number of anilines is 1. The Morgan fingerprint density at radius 3 is 1.93 bits per heavy atom. The highest BCUT2D eigenvalue weighted by Crippen LogP contribution is 2.34. The minimum atomic E-state index is -5.08. The molecule has 0 aliphatic carbocycles. The first-order chi connectivity index (χ1) is 19.1. The number of nitrogens with one attached hydrogen (secondary N) is 1. The number of benzene rings is 2. The van der Waals surface area contributed by atoms with Crippen molar-refractivity contribution in [2.75, 3.05) is 32.5 Å². The predicted octanol–water partition coefficient (Wildman–Crippen LogP) is 8.16. The van der Waals surface area contributed by atoms with Crippen LogP contribution in [0.1, 0.15) is 0 Å². The van der Waals surface area contributed by atoms with Gasteiger partial charge in [-0.25, -0.2) is 14.8 Å². The van der Waals surface area contributed by atoms with E-state index in [2.05, 4.69) is 65.0 Å². The molecular weight excluding hydrogens is 581 g/mol. The summed E-state index contributed by atoms with van der Waals surface area (Å²) < 4.78 is 34.3. The standard InChI is InChI=1S/C15H17N3S.C11H6ClNS.C2HF3O2/c1-18(2)9-8-16-15-12-7-10-19-14(12)11-5-3-4-6-13(11)17-15;12-11-8-5-6-14-10(8)7-3-1-2-4-9(7)13-11;3-2(4,5)1(6)7/h3-7,10H,8-9H2,1-2H3,(H,16,17);1-6H;(H,6,7). The molecule has 6 nitrogen and oxygen atoms in total. The van der Waals surface area contributed by atoms with Gasteiger partial charge in [0, 0.05) is 44.0 Å². The monoisotopic (exact) mass is 604 g/mol. The maximum Gasteiger partial charge on any atom is 0.490 e. The molecule has 0 bridgehead atoms. The molecule has 0 amide bonds. The number of carboxylic acids is 1. The van der Waals surface area contributed by atoms with Gasteiger partial charge in [-0.3, -0.25) is 0 Å². The van der Waals surface area contributed by atoms with E-state index in [9.17, 15) is 13.2 Å². The number of carboxylic acid groups (broad SMARTS) is 1. The Bertz CT molecular complexity index is 1770. The third-order valence-electron chi connectivity index (χ3n) is 5.65. The van der Waals surface area contributed by atoms with Gasteiger partial charge in [0.25, 0.3) is 0 Å². The van der Waals surface area contributed by atoms with Crippen LogP contribution in [0.2, 0.25) is 5.15 Å². The molecule has 0 fully saturated rings. The predicted molar refractivity (Wildman–Crippen MR) is 160 cm³/mol. The molecule has 40 heavy (non-hydrogen) atoms. The molecule has 208 valence electrons. The lowest BCUT2D eigenvalue weighted by atomic mass is 10.2. The Morgan fingerprint density at radius 1 is 0.875 bits per heavy atom. The van der Waals surface area contributed by atoms with Crippen LogP contribution in [0.3, 0.4) is 0 Å². The van der Waals surface area contributed by atoms with Crippen LogP contribution in [0, 0.1) is 0 Å². The molecule has 12 heteroatoms. The second-order valence-electron chi connectivity index (χ2n) is 8.76. The molecule has 6 aromatic rings. The molecule has 0 saturated carbocycles. The van der Waals surface area contributed by atoms with E-state index in [0.717, 1.165) is 35.3 Å². The number of halogens is 4. The van der Waals surface area contributed by atoms with Crippen molar-refractivity contribution >= 4 is 88.0 Å². The molecular formula is C28H24ClF3N4O2S2. The Balaban J connectivity index is 0.000000155. The van der Waals surface area contributed by atoms with E-state index >= 15 is 0 Å². The Kier molecular flexibility index (Phi) is 9.41. The number of para-hydroxylation sites is 2. The van der Waals surface area contributed by atoms with Crippen molar-refractivity contribution in [3.05, 3.63) is 76.6 Å². The quantitative estimate of drug-likeness (QED) is 0.198. The number of carbonyl (C=O) groups is 1. The second kappa shape index (κ2) is 12.8. The van der Waals surface area contributed by atoms with Gasteiger partial charge in [-0.2, -0.15) is 13.2 Å². The molecule has 0 aliphatic heterocycles. The van der Waals surface area contributed by atoms with Gasteiger partial charge in [0.2, 0.25) is 0 Å². The molecule has 2 N–H and O–H groups in total. The van der Waals surface area contributed by atoms with Crippen LogP contribution in [0.5, 0.6) is 0 Å². The molecule has 0 atom stereocenters. The lowest BCUT2D eigenvalue weighted by molar-refractivity contribution is -0.192. The third-order valence-corrected chi connectivity index (χ3v) is 7.83. The summed E-state index contributed by atoms with van der Waals surface area (Å²) in [7, 11) is 4.16. The fraction of sp³-hybridized carbons (Fsp3) is 0.179. The minimum Gasteiger partial charge on any atom is -0.475 e. The van der Waals surface area contributed by atoms with Crippen molar-refractivity contribution < 1.29 is 23.1 Å². The van der Waals surface area contributed by atoms with Crippen LogP contribution < -0.4 is 5.32 Å². The molecule has 0 unspecified atom stereocenters. The van der Waals surface area contributed by atoms with Gasteiger partial charge in [-0.15, -0.1) is 22.7 Å². The van der Waals surface area contributed by atoms with E-state index < -0.39 is 12.1 Å². The summed E-state index contributed by atoms with van der Waals surface area (Å²) in [5, 5.41) is 20.1. The molecule has 4 aromatic heterocycles. The van der Waals surface area contributed by atoms with Crippen LogP contribution in [0.4, 0.5) is 19.0 Å². The summed E-state index contributed by atoms with van der Waals surface area (Å²) in [6.45, 7) is 1.91. The van der Waals surface area contributed by atoms with Crippen molar-refractivity contribution in [1.82, 2.24) is 14.9 Å². The smallest absolute Gasteiger partial charge is 0.475 e. The summed E-state index contributed by atoms with van der Waals surface area (Å²) >= 11 is 9.56. The van der Waals surface area contributed by atoms with Crippen LogP contribution >= 0.6 is 34.3 Å². The van der Waals surface area contributed by atoms with Gasteiger partial charge < -0.3 is 15.3 Å². The van der Waals surface area contributed by atoms with Crippen LogP contribution in [-0.4, -0.2) is 59.3 Å². The maximum absolute atomic E-state index is 10.6. The SMILES string of the molecule is CN(C)CCNc1nc2ccccc2c2sccc12.Clc1nc2ccccc2c2sccc12.O=C(O)C(F)(F)F. The Hall–Kier alpha value is -3.51. The van der Waals surface area contributed by atoms with Crippen molar-refractivity contribution in [3.8, 4) is 0 Å². The largest absolute Gasteiger partial charge is 0.490 e. The van der Waals surface area contributed by atoms with Gasteiger partial charge in [0.1, 0.15) is 11.0 Å². The second-order valence-corrected chi connectivity index (χ2v) is 10.9. The first-order valence-corrected chi connectivity index (χ1v) is 14.1. The van der Waals surface area contributed by atoms with Gasteiger partial charge in [-0.1, -0.05) is 48.0 Å². The summed E-state index contributed by atoms with van der Waals surface area (Å²) in [5.41, 5.74) is 2.03. The molecule has 4 heterocycles. The van der Waals surface area contributed by atoms with E-state index in [1.54, 1.807) is 22.7 Å². The van der Waals surface area contributed by atoms with Crippen molar-refractivity contribution in [3.63, 3.8) is 0 Å². The summed E-state index contributed by atoms with van der Waals surface area (Å²) in [5.74, 6) is -1.76. The molecule has 0 spiro atoms. The average molecular weight is 605 g/mol. The highest BCUT2D eigenvalue weighted by atomic mass is 35.5. The van der Waals surface area contributed by atoms with E-state index in [0.29, 0.717) is 5.15 Å². The first kappa shape index (κ1) is 29.5. The number of aliphatic carboxylic acids is 1. The van der Waals surface area contributed by atoms with Crippen LogP contribution in [-0.2, 0) is 4.79 Å². The number of pyridine rings is 2. The van der Waals surface area contributed by atoms with Crippen LogP contribution in [0.25, 0.3) is 42.0 Å². The fourth-order valence-corrected chi connectivity index (χ4v) is 5.96. The first-order valence-electron chi connectivity index (χ1n) is 11.9. The third kappa shape index (κ3) is 6.97. The van der Waals surface area contributed by atoms with Gasteiger partial charge in [0.15, 0.2) is 0 Å². The number of rotatable bonds is 4. The van der Waals surface area contributed by atoms with Crippen molar-refractivity contribution in [2.45, 2.75) is 6.18 Å². The number of hydrogen-bond acceptors (Lipinski definition) is 7. The number of fused-ring (bicyclic) bond motifs is 6. The lowest BCUT2D eigenvalue weighted by Gasteiger charge is -2.12. The number of thiophene rings is 2. The molecule has 0 aliphatic rings. The fourth-order valence-electron chi connectivity index (χ4n) is 3.79. The van der Waals surface area contributed by atoms with E-state index in [4.69, 9.17) is 26.5 Å². The Labute approximate surface area is 240 Å². The number of nitrogens with zero attached hydrogens (tertiary/aromatic N) is 3. The molecule has 6 rings (SSSR count). The molecule has 0 radical (unpaired) electrons. The number of aromatic nitrogens is 2. The topological polar surface area (TPSA) is 78.3 Å².